The van der Waals surface area contributed by atoms with E-state index in [1.807, 2.05) is 4.90 Å². The van der Waals surface area contributed by atoms with E-state index in [-0.39, 0.29) is 35.4 Å². The van der Waals surface area contributed by atoms with Gasteiger partial charge in [0.25, 0.3) is 0 Å². The molecule has 1 unspecified atom stereocenters. The van der Waals surface area contributed by atoms with Gasteiger partial charge in [-0.1, -0.05) is 12.8 Å². The number of carbonyl (C=O) groups is 2. The molecule has 0 spiro atoms. The van der Waals surface area contributed by atoms with E-state index in [1.54, 1.807) is 0 Å². The number of benzene rings is 1. The van der Waals surface area contributed by atoms with Crippen LogP contribution in [0.5, 0.6) is 0 Å². The average molecular weight is 391 g/mol. The van der Waals surface area contributed by atoms with Gasteiger partial charge in [0.1, 0.15) is 11.6 Å². The third-order valence-electron chi connectivity index (χ3n) is 6.25. The van der Waals surface area contributed by atoms with Gasteiger partial charge in [-0.2, -0.15) is 0 Å². The molecule has 2 amide bonds. The van der Waals surface area contributed by atoms with Crippen molar-refractivity contribution in [3.05, 3.63) is 29.8 Å². The molecule has 1 aliphatic heterocycles. The second-order valence-electron chi connectivity index (χ2n) is 8.24. The molecule has 5 nitrogen and oxygen atoms in total. The second kappa shape index (κ2) is 8.15. The van der Waals surface area contributed by atoms with Crippen molar-refractivity contribution in [3.63, 3.8) is 0 Å². The van der Waals surface area contributed by atoms with Crippen molar-refractivity contribution < 1.29 is 18.4 Å². The summed E-state index contributed by atoms with van der Waals surface area (Å²) in [6.45, 7) is 2.57. The maximum atomic E-state index is 14.0. The minimum absolute atomic E-state index is 0.0111. The summed E-state index contributed by atoms with van der Waals surface area (Å²) in [6.07, 6.45) is 6.14. The summed E-state index contributed by atoms with van der Waals surface area (Å²) in [4.78, 5) is 29.4. The first-order valence-corrected chi connectivity index (χ1v) is 10.3. The second-order valence-corrected chi connectivity index (χ2v) is 8.24. The van der Waals surface area contributed by atoms with Crippen LogP contribution in [0.25, 0.3) is 0 Å². The Kier molecular flexibility index (Phi) is 5.62. The Hall–Kier alpha value is -2.02. The van der Waals surface area contributed by atoms with Crippen LogP contribution in [0.15, 0.2) is 18.2 Å². The average Bonchev–Trinajstić information content (AvgIpc) is 3.40. The number of nitrogens with zero attached hydrogens (tertiary/aromatic N) is 2. The Morgan fingerprint density at radius 3 is 2.29 bits per heavy atom. The van der Waals surface area contributed by atoms with Gasteiger partial charge in [0, 0.05) is 38.2 Å². The first-order chi connectivity index (χ1) is 13.5. The van der Waals surface area contributed by atoms with E-state index in [0.717, 1.165) is 50.7 Å². The Labute approximate surface area is 164 Å². The summed E-state index contributed by atoms with van der Waals surface area (Å²) in [6, 6.07) is 2.85. The number of nitrogens with one attached hydrogen (secondary N) is 1. The highest BCUT2D eigenvalue weighted by Crippen LogP contribution is 2.33. The van der Waals surface area contributed by atoms with E-state index in [4.69, 9.17) is 0 Å². The maximum Gasteiger partial charge on any atom is 0.242 e. The van der Waals surface area contributed by atoms with Gasteiger partial charge >= 0.3 is 0 Å². The first kappa shape index (κ1) is 19.3. The zero-order valence-electron chi connectivity index (χ0n) is 16.0. The van der Waals surface area contributed by atoms with Gasteiger partial charge in [0.15, 0.2) is 0 Å². The quantitative estimate of drug-likeness (QED) is 0.840. The molecule has 3 fully saturated rings. The van der Waals surface area contributed by atoms with Crippen molar-refractivity contribution in [1.29, 1.82) is 0 Å². The normalized spacial score (nSPS) is 22.3. The smallest absolute Gasteiger partial charge is 0.242 e. The predicted molar refractivity (Wildman–Crippen MR) is 102 cm³/mol. The number of anilines is 1. The molecule has 1 atom stereocenters. The van der Waals surface area contributed by atoms with Gasteiger partial charge in [0.05, 0.1) is 11.7 Å². The standard InChI is InChI=1S/C21H27F2N3O2/c22-16-7-8-18(17(23)13-16)24-20(27)19(14-3-1-2-4-14)25-9-11-26(12-10-25)21(28)15-5-6-15/h7-8,13-15,19H,1-6,9-12H2,(H,24,27). The van der Waals surface area contributed by atoms with E-state index in [1.165, 1.54) is 6.07 Å². The Morgan fingerprint density at radius 2 is 1.68 bits per heavy atom. The SMILES string of the molecule is O=C(Nc1ccc(F)cc1F)C(C1CCCC1)N1CCN(C(=O)C2CC2)CC1. The molecule has 4 rings (SSSR count). The highest BCUT2D eigenvalue weighted by molar-refractivity contribution is 5.95. The summed E-state index contributed by atoms with van der Waals surface area (Å²) < 4.78 is 27.2. The molecule has 152 valence electrons. The summed E-state index contributed by atoms with van der Waals surface area (Å²) in [7, 11) is 0. The van der Waals surface area contributed by atoms with Crippen molar-refractivity contribution in [2.75, 3.05) is 31.5 Å². The number of amides is 2. The molecule has 1 heterocycles. The number of carbonyl (C=O) groups excluding carboxylic acids is 2. The van der Waals surface area contributed by atoms with Gasteiger partial charge in [-0.15, -0.1) is 0 Å². The lowest BCUT2D eigenvalue weighted by atomic mass is 9.94. The Morgan fingerprint density at radius 1 is 1.00 bits per heavy atom. The molecular weight excluding hydrogens is 364 g/mol. The molecule has 1 N–H and O–H groups in total. The highest BCUT2D eigenvalue weighted by atomic mass is 19.1. The first-order valence-electron chi connectivity index (χ1n) is 10.3. The van der Waals surface area contributed by atoms with Gasteiger partial charge in [-0.3, -0.25) is 14.5 Å². The zero-order chi connectivity index (χ0) is 19.7. The minimum Gasteiger partial charge on any atom is -0.340 e. The molecular formula is C21H27F2N3O2. The number of hydrogen-bond donors (Lipinski definition) is 1. The molecule has 1 aromatic rings. The highest BCUT2D eigenvalue weighted by Gasteiger charge is 2.39. The molecule has 2 saturated carbocycles. The topological polar surface area (TPSA) is 52.7 Å². The Bertz CT molecular complexity index is 739. The monoisotopic (exact) mass is 391 g/mol. The van der Waals surface area contributed by atoms with Crippen molar-refractivity contribution in [3.8, 4) is 0 Å². The molecule has 1 saturated heterocycles. The van der Waals surface area contributed by atoms with Crippen LogP contribution in [0, 0.1) is 23.5 Å². The minimum atomic E-state index is -0.765. The fourth-order valence-corrected chi connectivity index (χ4v) is 4.56. The van der Waals surface area contributed by atoms with E-state index < -0.39 is 11.6 Å². The van der Waals surface area contributed by atoms with Crippen LogP contribution in [0.4, 0.5) is 14.5 Å². The number of hydrogen-bond acceptors (Lipinski definition) is 3. The fourth-order valence-electron chi connectivity index (χ4n) is 4.56. The van der Waals surface area contributed by atoms with Crippen LogP contribution >= 0.6 is 0 Å². The predicted octanol–water partition coefficient (Wildman–Crippen LogP) is 3.02. The van der Waals surface area contributed by atoms with Crippen molar-refractivity contribution in [2.45, 2.75) is 44.6 Å². The van der Waals surface area contributed by atoms with Gasteiger partial charge in [-0.25, -0.2) is 8.78 Å². The van der Waals surface area contributed by atoms with Crippen LogP contribution < -0.4 is 5.32 Å². The molecule has 1 aromatic carbocycles. The molecule has 0 radical (unpaired) electrons. The number of piperazine rings is 1. The third-order valence-corrected chi connectivity index (χ3v) is 6.25. The van der Waals surface area contributed by atoms with Gasteiger partial charge < -0.3 is 10.2 Å². The summed E-state index contributed by atoms with van der Waals surface area (Å²) >= 11 is 0. The van der Waals surface area contributed by atoms with Crippen LogP contribution in [-0.4, -0.2) is 53.8 Å². The molecule has 0 aromatic heterocycles. The van der Waals surface area contributed by atoms with Crippen LogP contribution in [-0.2, 0) is 9.59 Å². The van der Waals surface area contributed by atoms with Crippen LogP contribution in [0.1, 0.15) is 38.5 Å². The number of rotatable bonds is 5. The molecule has 0 bridgehead atoms. The third kappa shape index (κ3) is 4.19. The summed E-state index contributed by atoms with van der Waals surface area (Å²) in [5.74, 6) is -0.983. The molecule has 28 heavy (non-hydrogen) atoms. The van der Waals surface area contributed by atoms with Crippen molar-refractivity contribution in [1.82, 2.24) is 9.80 Å². The van der Waals surface area contributed by atoms with E-state index in [2.05, 4.69) is 10.2 Å². The van der Waals surface area contributed by atoms with E-state index in [0.29, 0.717) is 26.2 Å². The molecule has 3 aliphatic rings. The maximum absolute atomic E-state index is 14.0. The fraction of sp³-hybridized carbons (Fsp3) is 0.619. The molecule has 7 heteroatoms. The van der Waals surface area contributed by atoms with Gasteiger partial charge in [-0.05, 0) is 43.7 Å². The van der Waals surface area contributed by atoms with E-state index >= 15 is 0 Å². The lowest BCUT2D eigenvalue weighted by molar-refractivity contribution is -0.135. The Balaban J connectivity index is 1.44. The largest absolute Gasteiger partial charge is 0.340 e. The number of halogens is 2. The van der Waals surface area contributed by atoms with Crippen molar-refractivity contribution >= 4 is 17.5 Å². The summed E-state index contributed by atoms with van der Waals surface area (Å²) in [5, 5.41) is 2.67. The van der Waals surface area contributed by atoms with Gasteiger partial charge in [0.2, 0.25) is 11.8 Å². The zero-order valence-corrected chi connectivity index (χ0v) is 16.0. The summed E-state index contributed by atoms with van der Waals surface area (Å²) in [5.41, 5.74) is 0.0111. The van der Waals surface area contributed by atoms with Crippen LogP contribution in [0.2, 0.25) is 0 Å². The van der Waals surface area contributed by atoms with E-state index in [9.17, 15) is 18.4 Å². The van der Waals surface area contributed by atoms with Crippen LogP contribution in [0.3, 0.4) is 0 Å². The van der Waals surface area contributed by atoms with Crippen molar-refractivity contribution in [2.24, 2.45) is 11.8 Å². The molecule has 2 aliphatic carbocycles. The lowest BCUT2D eigenvalue weighted by Gasteiger charge is -2.40. The lowest BCUT2D eigenvalue weighted by Crippen LogP contribution is -2.57.